The Hall–Kier alpha value is -1.77. The van der Waals surface area contributed by atoms with E-state index in [4.69, 9.17) is 0 Å². The van der Waals surface area contributed by atoms with Crippen molar-refractivity contribution in [2.75, 3.05) is 0 Å². The average molecular weight is 425 g/mol. The molecule has 1 fully saturated rings. The van der Waals surface area contributed by atoms with Crippen molar-refractivity contribution in [3.05, 3.63) is 52.0 Å². The van der Waals surface area contributed by atoms with Gasteiger partial charge in [0.2, 0.25) is 10.0 Å². The summed E-state index contributed by atoms with van der Waals surface area (Å²) in [6, 6.07) is 6.83. The first-order valence-corrected chi connectivity index (χ1v) is 11.7. The van der Waals surface area contributed by atoms with Crippen LogP contribution in [0.25, 0.3) is 0 Å². The van der Waals surface area contributed by atoms with Crippen LogP contribution in [0, 0.1) is 5.82 Å². The first-order valence-electron chi connectivity index (χ1n) is 9.39. The number of carbonyl (C=O) groups excluding carboxylic acids is 1. The third-order valence-corrected chi connectivity index (χ3v) is 8.41. The Morgan fingerprint density at radius 1 is 1.25 bits per heavy atom. The second-order valence-corrected chi connectivity index (χ2v) is 10.1. The van der Waals surface area contributed by atoms with E-state index in [0.717, 1.165) is 30.6 Å². The van der Waals surface area contributed by atoms with Crippen LogP contribution >= 0.6 is 11.3 Å². The molecular weight excluding hydrogens is 399 g/mol. The molecule has 3 rings (SSSR count). The fraction of sp³-hybridized carbons (Fsp3) is 0.450. The van der Waals surface area contributed by atoms with Gasteiger partial charge in [-0.05, 0) is 62.8 Å². The fourth-order valence-corrected chi connectivity index (χ4v) is 6.96. The van der Waals surface area contributed by atoms with Gasteiger partial charge in [-0.1, -0.05) is 18.6 Å². The minimum atomic E-state index is -3.78. The van der Waals surface area contributed by atoms with E-state index in [1.165, 1.54) is 22.5 Å². The largest absolute Gasteiger partial charge is 0.345 e. The van der Waals surface area contributed by atoms with Crippen LogP contribution in [0.15, 0.2) is 40.6 Å². The van der Waals surface area contributed by atoms with Crippen LogP contribution in [-0.4, -0.2) is 30.7 Å². The number of rotatable bonds is 5. The van der Waals surface area contributed by atoms with E-state index in [9.17, 15) is 17.6 Å². The van der Waals surface area contributed by atoms with E-state index < -0.39 is 22.0 Å². The van der Waals surface area contributed by atoms with Gasteiger partial charge in [-0.3, -0.25) is 4.79 Å². The third kappa shape index (κ3) is 4.14. The van der Waals surface area contributed by atoms with Gasteiger partial charge >= 0.3 is 0 Å². The van der Waals surface area contributed by atoms with Crippen LogP contribution in [-0.2, 0) is 10.0 Å². The van der Waals surface area contributed by atoms with Crippen molar-refractivity contribution in [1.82, 2.24) is 9.62 Å². The molecule has 1 N–H and O–H groups in total. The van der Waals surface area contributed by atoms with Crippen molar-refractivity contribution < 1.29 is 17.6 Å². The summed E-state index contributed by atoms with van der Waals surface area (Å²) in [5, 5.41) is 4.40. The maximum absolute atomic E-state index is 13.4. The number of nitrogens with one attached hydrogen (secondary N) is 1. The number of piperidine rings is 1. The van der Waals surface area contributed by atoms with Crippen LogP contribution < -0.4 is 5.32 Å². The number of hydrogen-bond acceptors (Lipinski definition) is 4. The van der Waals surface area contributed by atoms with Crippen LogP contribution in [0.2, 0.25) is 0 Å². The normalized spacial score (nSPS) is 22.0. The van der Waals surface area contributed by atoms with Gasteiger partial charge in [0.1, 0.15) is 15.6 Å². The zero-order valence-corrected chi connectivity index (χ0v) is 17.8. The Balaban J connectivity index is 1.85. The molecule has 1 aliphatic heterocycles. The zero-order valence-electron chi connectivity index (χ0n) is 16.2. The summed E-state index contributed by atoms with van der Waals surface area (Å²) in [5.41, 5.74) is 0.618. The number of thiophene rings is 1. The summed E-state index contributed by atoms with van der Waals surface area (Å²) in [5.74, 6) is -0.853. The number of sulfonamides is 1. The molecule has 8 heteroatoms. The van der Waals surface area contributed by atoms with Crippen molar-refractivity contribution in [2.24, 2.45) is 0 Å². The molecule has 1 amide bonds. The lowest BCUT2D eigenvalue weighted by molar-refractivity contribution is 0.0940. The van der Waals surface area contributed by atoms with Crippen LogP contribution in [0.3, 0.4) is 0 Å². The van der Waals surface area contributed by atoms with Crippen LogP contribution in [0.5, 0.6) is 0 Å². The summed E-state index contributed by atoms with van der Waals surface area (Å²) in [6.07, 6.45) is 2.62. The van der Waals surface area contributed by atoms with Crippen molar-refractivity contribution in [3.63, 3.8) is 0 Å². The smallest absolute Gasteiger partial charge is 0.263 e. The molecule has 1 aromatic heterocycles. The predicted octanol–water partition coefficient (Wildman–Crippen LogP) is 4.33. The number of benzene rings is 1. The van der Waals surface area contributed by atoms with Gasteiger partial charge in [-0.2, -0.15) is 4.31 Å². The lowest BCUT2D eigenvalue weighted by Gasteiger charge is -2.37. The topological polar surface area (TPSA) is 66.5 Å². The zero-order chi connectivity index (χ0) is 20.5. The summed E-state index contributed by atoms with van der Waals surface area (Å²) >= 11 is 1.10. The van der Waals surface area contributed by atoms with E-state index in [1.807, 2.05) is 13.8 Å². The quantitative estimate of drug-likeness (QED) is 0.777. The predicted molar refractivity (Wildman–Crippen MR) is 108 cm³/mol. The standard InChI is InChI=1S/C20H25FN2O3S2/c1-13-6-4-7-14(2)23(13)28(25,26)18-10-11-27-19(18)20(24)22-15(3)16-8-5-9-17(21)12-16/h5,8-15H,4,6-7H2,1-3H3,(H,22,24)/t13-,14-,15+/m1/s1. The second-order valence-electron chi connectivity index (χ2n) is 7.33. The molecule has 0 unspecified atom stereocenters. The number of amides is 1. The number of halogens is 1. The second kappa shape index (κ2) is 8.31. The lowest BCUT2D eigenvalue weighted by Crippen LogP contribution is -2.47. The van der Waals surface area contributed by atoms with Crippen molar-refractivity contribution in [2.45, 2.75) is 63.1 Å². The van der Waals surface area contributed by atoms with E-state index in [1.54, 1.807) is 24.4 Å². The van der Waals surface area contributed by atoms with Crippen LogP contribution in [0.1, 0.15) is 61.3 Å². The molecule has 1 aromatic carbocycles. The molecule has 1 aliphatic rings. The van der Waals surface area contributed by atoms with Crippen molar-refractivity contribution >= 4 is 27.3 Å². The number of carbonyl (C=O) groups is 1. The minimum Gasteiger partial charge on any atom is -0.345 e. The van der Waals surface area contributed by atoms with E-state index in [-0.39, 0.29) is 27.7 Å². The lowest BCUT2D eigenvalue weighted by atomic mass is 10.0. The summed E-state index contributed by atoms with van der Waals surface area (Å²) in [6.45, 7) is 5.56. The molecule has 2 heterocycles. The molecule has 2 aromatic rings. The van der Waals surface area contributed by atoms with Gasteiger partial charge in [0.15, 0.2) is 0 Å². The van der Waals surface area contributed by atoms with Crippen LogP contribution in [0.4, 0.5) is 4.39 Å². The molecule has 0 aliphatic carbocycles. The van der Waals surface area contributed by atoms with Gasteiger partial charge in [-0.15, -0.1) is 11.3 Å². The molecular formula is C20H25FN2O3S2. The molecule has 152 valence electrons. The van der Waals surface area contributed by atoms with Gasteiger partial charge in [-0.25, -0.2) is 12.8 Å². The molecule has 5 nitrogen and oxygen atoms in total. The monoisotopic (exact) mass is 424 g/mol. The summed E-state index contributed by atoms with van der Waals surface area (Å²) < 4.78 is 41.6. The maximum atomic E-state index is 13.4. The Kier molecular flexibility index (Phi) is 6.21. The van der Waals surface area contributed by atoms with Crippen molar-refractivity contribution in [3.8, 4) is 0 Å². The Morgan fingerprint density at radius 2 is 1.93 bits per heavy atom. The van der Waals surface area contributed by atoms with E-state index in [0.29, 0.717) is 5.56 Å². The SMILES string of the molecule is C[C@H](NC(=O)c1sccc1S(=O)(=O)N1[C@H](C)CCC[C@H]1C)c1cccc(F)c1. The highest BCUT2D eigenvalue weighted by Crippen LogP contribution is 2.33. The van der Waals surface area contributed by atoms with Crippen molar-refractivity contribution in [1.29, 1.82) is 0 Å². The highest BCUT2D eigenvalue weighted by atomic mass is 32.2. The number of hydrogen-bond donors (Lipinski definition) is 1. The number of nitrogens with zero attached hydrogens (tertiary/aromatic N) is 1. The Labute approximate surface area is 169 Å². The highest BCUT2D eigenvalue weighted by molar-refractivity contribution is 7.89. The third-order valence-electron chi connectivity index (χ3n) is 5.20. The highest BCUT2D eigenvalue weighted by Gasteiger charge is 2.38. The molecule has 3 atom stereocenters. The minimum absolute atomic E-state index is 0.0436. The van der Waals surface area contributed by atoms with Gasteiger partial charge in [0, 0.05) is 12.1 Å². The summed E-state index contributed by atoms with van der Waals surface area (Å²) in [4.78, 5) is 13.0. The molecule has 1 saturated heterocycles. The Bertz CT molecular complexity index is 948. The average Bonchev–Trinajstić information content (AvgIpc) is 3.12. The van der Waals surface area contributed by atoms with E-state index in [2.05, 4.69) is 5.32 Å². The molecule has 0 radical (unpaired) electrons. The maximum Gasteiger partial charge on any atom is 0.263 e. The first kappa shape index (κ1) is 21.0. The summed E-state index contributed by atoms with van der Waals surface area (Å²) in [7, 11) is -3.78. The molecule has 0 saturated carbocycles. The Morgan fingerprint density at radius 3 is 2.57 bits per heavy atom. The van der Waals surface area contributed by atoms with Gasteiger partial charge < -0.3 is 5.32 Å². The van der Waals surface area contributed by atoms with Gasteiger partial charge in [0.05, 0.1) is 6.04 Å². The molecule has 0 bridgehead atoms. The first-order chi connectivity index (χ1) is 13.2. The molecule has 0 spiro atoms. The molecule has 28 heavy (non-hydrogen) atoms. The van der Waals surface area contributed by atoms with E-state index >= 15 is 0 Å². The van der Waals surface area contributed by atoms with Gasteiger partial charge in [0.25, 0.3) is 5.91 Å². The fourth-order valence-electron chi connectivity index (χ4n) is 3.77.